The number of carboxylic acid groups (broad SMARTS) is 1. The van der Waals surface area contributed by atoms with Crippen LogP contribution < -0.4 is 14.8 Å². The van der Waals surface area contributed by atoms with Crippen molar-refractivity contribution in [2.75, 3.05) is 33.2 Å². The number of methoxy groups -OCH3 is 3. The Kier molecular flexibility index (Phi) is 5.12. The van der Waals surface area contributed by atoms with Gasteiger partial charge in [0.15, 0.2) is 6.10 Å². The Hall–Kier alpha value is -2.09. The number of nitrogens with one attached hydrogen (secondary N) is 1. The predicted molar refractivity (Wildman–Crippen MR) is 62.1 cm³/mol. The molecule has 0 spiro atoms. The predicted octanol–water partition coefficient (Wildman–Crippen LogP) is 0.00530. The fraction of sp³-hybridized carbons (Fsp3) is 0.500. The Morgan fingerprint density at radius 3 is 2.28 bits per heavy atom. The van der Waals surface area contributed by atoms with Crippen LogP contribution in [0.4, 0.5) is 5.95 Å². The Labute approximate surface area is 104 Å². The standard InChI is InChI=1S/C10H15N3O5/c1-16-6(9(14)15)5-11-10-12-7(17-2)4-8(13-10)18-3/h4,6H,5H2,1-3H3,(H,14,15)(H,11,12,13). The Morgan fingerprint density at radius 1 is 1.33 bits per heavy atom. The lowest BCUT2D eigenvalue weighted by Gasteiger charge is -2.12. The Balaban J connectivity index is 2.74. The molecule has 1 rings (SSSR count). The maximum atomic E-state index is 10.7. The number of rotatable bonds is 7. The van der Waals surface area contributed by atoms with E-state index < -0.39 is 12.1 Å². The first kappa shape index (κ1) is 14.0. The van der Waals surface area contributed by atoms with Gasteiger partial charge in [-0.3, -0.25) is 0 Å². The molecule has 2 N–H and O–H groups in total. The highest BCUT2D eigenvalue weighted by atomic mass is 16.5. The zero-order valence-electron chi connectivity index (χ0n) is 10.3. The lowest BCUT2D eigenvalue weighted by atomic mass is 10.3. The Morgan fingerprint density at radius 2 is 1.89 bits per heavy atom. The molecule has 1 aromatic rings. The van der Waals surface area contributed by atoms with E-state index in [1.807, 2.05) is 0 Å². The van der Waals surface area contributed by atoms with Crippen molar-refractivity contribution in [1.29, 1.82) is 0 Å². The number of nitrogens with zero attached hydrogens (tertiary/aromatic N) is 2. The summed E-state index contributed by atoms with van der Waals surface area (Å²) in [7, 11) is 4.23. The van der Waals surface area contributed by atoms with Crippen LogP contribution in [0.5, 0.6) is 11.8 Å². The van der Waals surface area contributed by atoms with Crippen LogP contribution in [0.15, 0.2) is 6.07 Å². The molecule has 0 saturated heterocycles. The molecule has 0 fully saturated rings. The van der Waals surface area contributed by atoms with E-state index in [9.17, 15) is 4.79 Å². The molecule has 0 amide bonds. The first-order valence-electron chi connectivity index (χ1n) is 5.07. The SMILES string of the molecule is COc1cc(OC)nc(NCC(OC)C(=O)O)n1. The summed E-state index contributed by atoms with van der Waals surface area (Å²) >= 11 is 0. The largest absolute Gasteiger partial charge is 0.481 e. The van der Waals surface area contributed by atoms with E-state index in [0.717, 1.165) is 0 Å². The van der Waals surface area contributed by atoms with Gasteiger partial charge in [0.25, 0.3) is 0 Å². The highest BCUT2D eigenvalue weighted by Crippen LogP contribution is 2.17. The molecule has 0 aliphatic carbocycles. The summed E-state index contributed by atoms with van der Waals surface area (Å²) in [5, 5.41) is 11.5. The van der Waals surface area contributed by atoms with Gasteiger partial charge in [-0.1, -0.05) is 0 Å². The summed E-state index contributed by atoms with van der Waals surface area (Å²) in [6, 6.07) is 1.51. The van der Waals surface area contributed by atoms with Gasteiger partial charge in [0.2, 0.25) is 17.7 Å². The lowest BCUT2D eigenvalue weighted by molar-refractivity contribution is -0.147. The summed E-state index contributed by atoms with van der Waals surface area (Å²) < 4.78 is 14.7. The quantitative estimate of drug-likeness (QED) is 0.704. The molecule has 8 heteroatoms. The zero-order chi connectivity index (χ0) is 13.5. The van der Waals surface area contributed by atoms with Gasteiger partial charge in [0.1, 0.15) is 0 Å². The van der Waals surface area contributed by atoms with Crippen molar-refractivity contribution >= 4 is 11.9 Å². The number of aromatic nitrogens is 2. The average molecular weight is 257 g/mol. The van der Waals surface area contributed by atoms with Crippen LogP contribution in [0.2, 0.25) is 0 Å². The van der Waals surface area contributed by atoms with Crippen LogP contribution in [0.3, 0.4) is 0 Å². The molecule has 1 aromatic heterocycles. The topological polar surface area (TPSA) is 103 Å². The third-order valence-electron chi connectivity index (χ3n) is 2.10. The monoisotopic (exact) mass is 257 g/mol. The van der Waals surface area contributed by atoms with E-state index >= 15 is 0 Å². The minimum absolute atomic E-state index is 0.0299. The average Bonchev–Trinajstić information content (AvgIpc) is 2.38. The van der Waals surface area contributed by atoms with Crippen molar-refractivity contribution < 1.29 is 24.1 Å². The summed E-state index contributed by atoms with van der Waals surface area (Å²) in [6.45, 7) is 0.0299. The summed E-state index contributed by atoms with van der Waals surface area (Å²) in [5.74, 6) is -0.239. The molecule has 0 aliphatic heterocycles. The zero-order valence-corrected chi connectivity index (χ0v) is 10.3. The number of carbonyl (C=O) groups is 1. The fourth-order valence-corrected chi connectivity index (χ4v) is 1.15. The van der Waals surface area contributed by atoms with Gasteiger partial charge in [-0.05, 0) is 0 Å². The van der Waals surface area contributed by atoms with Gasteiger partial charge in [-0.25, -0.2) is 4.79 Å². The molecule has 0 bridgehead atoms. The van der Waals surface area contributed by atoms with Crippen molar-refractivity contribution in [2.24, 2.45) is 0 Å². The van der Waals surface area contributed by atoms with Crippen LogP contribution in [-0.2, 0) is 9.53 Å². The highest BCUT2D eigenvalue weighted by molar-refractivity contribution is 5.73. The third kappa shape index (κ3) is 3.74. The van der Waals surface area contributed by atoms with Gasteiger partial charge in [0.05, 0.1) is 26.8 Å². The molecule has 1 atom stereocenters. The number of hydrogen-bond acceptors (Lipinski definition) is 7. The number of ether oxygens (including phenoxy) is 3. The third-order valence-corrected chi connectivity index (χ3v) is 2.10. The molecule has 0 aliphatic rings. The smallest absolute Gasteiger partial charge is 0.334 e. The molecule has 18 heavy (non-hydrogen) atoms. The summed E-state index contributed by atoms with van der Waals surface area (Å²) in [4.78, 5) is 18.7. The summed E-state index contributed by atoms with van der Waals surface area (Å²) in [6.07, 6.45) is -0.981. The molecule has 1 heterocycles. The molecule has 8 nitrogen and oxygen atoms in total. The molecule has 1 unspecified atom stereocenters. The van der Waals surface area contributed by atoms with E-state index in [-0.39, 0.29) is 12.5 Å². The normalized spacial score (nSPS) is 11.7. The van der Waals surface area contributed by atoms with Crippen LogP contribution in [-0.4, -0.2) is 55.0 Å². The minimum atomic E-state index is -1.07. The first-order valence-corrected chi connectivity index (χ1v) is 5.07. The number of aliphatic carboxylic acids is 1. The van der Waals surface area contributed by atoms with Crippen molar-refractivity contribution in [2.45, 2.75) is 6.10 Å². The van der Waals surface area contributed by atoms with Crippen LogP contribution in [0.25, 0.3) is 0 Å². The molecule has 0 saturated carbocycles. The number of hydrogen-bond donors (Lipinski definition) is 2. The summed E-state index contributed by atoms with van der Waals surface area (Å²) in [5.41, 5.74) is 0. The van der Waals surface area contributed by atoms with Crippen molar-refractivity contribution in [3.63, 3.8) is 0 Å². The second-order valence-electron chi connectivity index (χ2n) is 3.22. The molecule has 100 valence electrons. The highest BCUT2D eigenvalue weighted by Gasteiger charge is 2.16. The second-order valence-corrected chi connectivity index (χ2v) is 3.22. The van der Waals surface area contributed by atoms with E-state index in [1.165, 1.54) is 27.4 Å². The van der Waals surface area contributed by atoms with Crippen molar-refractivity contribution in [3.05, 3.63) is 6.07 Å². The van der Waals surface area contributed by atoms with Crippen molar-refractivity contribution in [3.8, 4) is 11.8 Å². The lowest BCUT2D eigenvalue weighted by Crippen LogP contribution is -2.30. The van der Waals surface area contributed by atoms with Crippen LogP contribution >= 0.6 is 0 Å². The van der Waals surface area contributed by atoms with Crippen LogP contribution in [0.1, 0.15) is 0 Å². The van der Waals surface area contributed by atoms with Crippen LogP contribution in [0, 0.1) is 0 Å². The van der Waals surface area contributed by atoms with Gasteiger partial charge in [-0.2, -0.15) is 9.97 Å². The number of anilines is 1. The van der Waals surface area contributed by atoms with Gasteiger partial charge in [0, 0.05) is 7.11 Å². The van der Waals surface area contributed by atoms with E-state index in [1.54, 1.807) is 0 Å². The van der Waals surface area contributed by atoms with E-state index in [2.05, 4.69) is 15.3 Å². The fourth-order valence-electron chi connectivity index (χ4n) is 1.15. The second kappa shape index (κ2) is 6.60. The Bertz CT molecular complexity index is 390. The maximum Gasteiger partial charge on any atom is 0.334 e. The number of carboxylic acids is 1. The van der Waals surface area contributed by atoms with E-state index in [0.29, 0.717) is 11.8 Å². The molecular formula is C10H15N3O5. The molecule has 0 radical (unpaired) electrons. The minimum Gasteiger partial charge on any atom is -0.481 e. The van der Waals surface area contributed by atoms with Gasteiger partial charge < -0.3 is 24.6 Å². The van der Waals surface area contributed by atoms with Crippen molar-refractivity contribution in [1.82, 2.24) is 9.97 Å². The molecule has 0 aromatic carbocycles. The molecular weight excluding hydrogens is 242 g/mol. The van der Waals surface area contributed by atoms with Gasteiger partial charge >= 0.3 is 5.97 Å². The first-order chi connectivity index (χ1) is 8.60. The van der Waals surface area contributed by atoms with E-state index in [4.69, 9.17) is 19.3 Å². The van der Waals surface area contributed by atoms with Gasteiger partial charge in [-0.15, -0.1) is 0 Å². The maximum absolute atomic E-state index is 10.7.